The van der Waals surface area contributed by atoms with Gasteiger partial charge in [-0.05, 0) is 6.92 Å². The predicted molar refractivity (Wildman–Crippen MR) is 40.5 cm³/mol. The van der Waals surface area contributed by atoms with Gasteiger partial charge in [0.15, 0.2) is 0 Å². The molecule has 0 amide bonds. The highest BCUT2D eigenvalue weighted by molar-refractivity contribution is 14.1. The topological polar surface area (TPSA) is 26.3 Å². The minimum Gasteiger partial charge on any atom is -0.462 e. The average molecular weight is 264 g/mol. The fraction of sp³-hybridized carbons (Fsp3) is 0.800. The van der Waals surface area contributed by atoms with Crippen LogP contribution in [-0.2, 0) is 9.53 Å². The molecule has 0 saturated carbocycles. The third kappa shape index (κ3) is 2.76. The molecule has 0 fully saturated rings. The quantitative estimate of drug-likeness (QED) is 0.440. The maximum absolute atomic E-state index is 12.3. The van der Waals surface area contributed by atoms with Gasteiger partial charge < -0.3 is 4.74 Å². The molecule has 60 valence electrons. The molecule has 10 heavy (non-hydrogen) atoms. The van der Waals surface area contributed by atoms with Crippen molar-refractivity contribution in [1.29, 1.82) is 0 Å². The Balaban J connectivity index is 3.91. The number of carbonyl (C=O) groups excluding carboxylic acids is 1. The van der Waals surface area contributed by atoms with Crippen LogP contribution in [0, 0.1) is 0 Å². The maximum Gasteiger partial charge on any atom is 0.377 e. The van der Waals surface area contributed by atoms with E-state index in [0.29, 0.717) is 0 Å². The number of esters is 1. The van der Waals surface area contributed by atoms with E-state index in [-0.39, 0.29) is 6.61 Å². The highest BCUT2D eigenvalue weighted by atomic mass is 127. The van der Waals surface area contributed by atoms with Crippen LogP contribution < -0.4 is 0 Å². The molecule has 0 aromatic carbocycles. The van der Waals surface area contributed by atoms with Gasteiger partial charge in [0.1, 0.15) is 0 Å². The number of hydrogen-bond acceptors (Lipinski definition) is 2. The zero-order chi connectivity index (χ0) is 8.20. The summed E-state index contributed by atoms with van der Waals surface area (Å²) < 4.78 is 28.1. The molecule has 0 bridgehead atoms. The molecule has 0 N–H and O–H groups in total. The van der Waals surface area contributed by atoms with E-state index in [9.17, 15) is 13.6 Å². The number of halogens is 3. The van der Waals surface area contributed by atoms with E-state index >= 15 is 0 Å². The fourth-order valence-electron chi connectivity index (χ4n) is 0.291. The third-order valence-electron chi connectivity index (χ3n) is 0.742. The molecule has 0 aliphatic heterocycles. The average Bonchev–Trinajstić information content (AvgIpc) is 1.89. The van der Waals surface area contributed by atoms with Crippen LogP contribution in [0.1, 0.15) is 6.92 Å². The Hall–Kier alpha value is 0.0600. The van der Waals surface area contributed by atoms with E-state index in [2.05, 4.69) is 4.74 Å². The van der Waals surface area contributed by atoms with Crippen molar-refractivity contribution in [2.75, 3.05) is 11.0 Å². The van der Waals surface area contributed by atoms with Crippen molar-refractivity contribution in [2.45, 2.75) is 12.8 Å². The molecule has 0 heterocycles. The third-order valence-corrected chi connectivity index (χ3v) is 1.70. The zero-order valence-electron chi connectivity index (χ0n) is 5.36. The van der Waals surface area contributed by atoms with Crippen LogP contribution in [0.3, 0.4) is 0 Å². The zero-order valence-corrected chi connectivity index (χ0v) is 7.52. The van der Waals surface area contributed by atoms with Crippen molar-refractivity contribution >= 4 is 28.6 Å². The summed E-state index contributed by atoms with van der Waals surface area (Å²) in [6.45, 7) is 1.48. The highest BCUT2D eigenvalue weighted by Crippen LogP contribution is 2.18. The summed E-state index contributed by atoms with van der Waals surface area (Å²) in [6, 6.07) is 0. The molecular formula is C5H7F2IO2. The van der Waals surface area contributed by atoms with Gasteiger partial charge in [-0.2, -0.15) is 8.78 Å². The number of carbonyl (C=O) groups is 1. The van der Waals surface area contributed by atoms with Crippen LogP contribution in [0.25, 0.3) is 0 Å². The summed E-state index contributed by atoms with van der Waals surface area (Å²) in [4.78, 5) is 10.3. The molecule has 0 aliphatic carbocycles. The van der Waals surface area contributed by atoms with E-state index in [1.807, 2.05) is 0 Å². The number of ether oxygens (including phenoxy) is 1. The first-order valence-electron chi connectivity index (χ1n) is 2.65. The van der Waals surface area contributed by atoms with E-state index < -0.39 is 16.3 Å². The van der Waals surface area contributed by atoms with Crippen molar-refractivity contribution in [3.63, 3.8) is 0 Å². The van der Waals surface area contributed by atoms with Crippen molar-refractivity contribution in [3.05, 3.63) is 0 Å². The molecule has 0 aliphatic rings. The summed E-state index contributed by atoms with van der Waals surface area (Å²) in [5.41, 5.74) is 0. The largest absolute Gasteiger partial charge is 0.462 e. The predicted octanol–water partition coefficient (Wildman–Crippen LogP) is 1.62. The van der Waals surface area contributed by atoms with Crippen LogP contribution in [0.2, 0.25) is 0 Å². The van der Waals surface area contributed by atoms with Gasteiger partial charge in [-0.3, -0.25) is 0 Å². The first kappa shape index (κ1) is 10.1. The Morgan fingerprint density at radius 2 is 2.20 bits per heavy atom. The summed E-state index contributed by atoms with van der Waals surface area (Å²) in [5, 5.41) is 0. The molecule has 0 saturated heterocycles. The van der Waals surface area contributed by atoms with E-state index in [4.69, 9.17) is 0 Å². The Labute approximate surface area is 71.1 Å². The molecule has 0 aromatic rings. The molecule has 0 spiro atoms. The smallest absolute Gasteiger partial charge is 0.377 e. The minimum atomic E-state index is -3.32. The van der Waals surface area contributed by atoms with E-state index in [1.54, 1.807) is 0 Å². The van der Waals surface area contributed by atoms with Crippen molar-refractivity contribution in [3.8, 4) is 0 Å². The Bertz CT molecular complexity index is 127. The second kappa shape index (κ2) is 4.05. The molecule has 0 atom stereocenters. The Morgan fingerprint density at radius 1 is 1.70 bits per heavy atom. The van der Waals surface area contributed by atoms with Gasteiger partial charge in [0, 0.05) is 0 Å². The molecule has 2 nitrogen and oxygen atoms in total. The van der Waals surface area contributed by atoms with Crippen LogP contribution in [0.4, 0.5) is 8.78 Å². The standard InChI is InChI=1S/C5H7F2IO2/c1-2-10-4(9)5(6,7)3-8/h2-3H2,1H3. The summed E-state index contributed by atoms with van der Waals surface area (Å²) in [5.74, 6) is -4.76. The Morgan fingerprint density at radius 3 is 2.50 bits per heavy atom. The van der Waals surface area contributed by atoms with Gasteiger partial charge in [0.05, 0.1) is 11.0 Å². The minimum absolute atomic E-state index is 0.00887. The maximum atomic E-state index is 12.3. The first-order valence-corrected chi connectivity index (χ1v) is 4.18. The van der Waals surface area contributed by atoms with Gasteiger partial charge in [0.25, 0.3) is 0 Å². The van der Waals surface area contributed by atoms with Gasteiger partial charge in [-0.1, -0.05) is 22.6 Å². The van der Waals surface area contributed by atoms with Gasteiger partial charge in [-0.25, -0.2) is 4.79 Å². The lowest BCUT2D eigenvalue weighted by molar-refractivity contribution is -0.167. The van der Waals surface area contributed by atoms with Crippen LogP contribution in [0.15, 0.2) is 0 Å². The lowest BCUT2D eigenvalue weighted by Gasteiger charge is -2.10. The molecular weight excluding hydrogens is 257 g/mol. The van der Waals surface area contributed by atoms with Crippen molar-refractivity contribution in [1.82, 2.24) is 0 Å². The summed E-state index contributed by atoms with van der Waals surface area (Å²) in [6.07, 6.45) is 0. The van der Waals surface area contributed by atoms with Crippen molar-refractivity contribution in [2.24, 2.45) is 0 Å². The second-order valence-electron chi connectivity index (χ2n) is 1.56. The number of rotatable bonds is 3. The highest BCUT2D eigenvalue weighted by Gasteiger charge is 2.38. The molecule has 0 rings (SSSR count). The summed E-state index contributed by atoms with van der Waals surface area (Å²) >= 11 is 1.43. The lowest BCUT2D eigenvalue weighted by atomic mass is 10.4. The van der Waals surface area contributed by atoms with Crippen molar-refractivity contribution < 1.29 is 18.3 Å². The van der Waals surface area contributed by atoms with Gasteiger partial charge in [0.2, 0.25) is 0 Å². The monoisotopic (exact) mass is 264 g/mol. The van der Waals surface area contributed by atoms with Crippen LogP contribution in [0.5, 0.6) is 0 Å². The van der Waals surface area contributed by atoms with E-state index in [1.165, 1.54) is 29.5 Å². The summed E-state index contributed by atoms with van der Waals surface area (Å²) in [7, 11) is 0. The molecule has 5 heteroatoms. The van der Waals surface area contributed by atoms with Gasteiger partial charge in [-0.15, -0.1) is 0 Å². The molecule has 0 radical (unpaired) electrons. The Kier molecular flexibility index (Phi) is 4.07. The molecule has 0 aromatic heterocycles. The normalized spacial score (nSPS) is 11.2. The number of alkyl halides is 3. The molecule has 0 unspecified atom stereocenters. The first-order chi connectivity index (χ1) is 4.54. The van der Waals surface area contributed by atoms with Gasteiger partial charge >= 0.3 is 11.9 Å². The van der Waals surface area contributed by atoms with Crippen LogP contribution in [-0.4, -0.2) is 22.9 Å². The van der Waals surface area contributed by atoms with Crippen LogP contribution >= 0.6 is 22.6 Å². The fourth-order valence-corrected chi connectivity index (χ4v) is 0.603. The van der Waals surface area contributed by atoms with E-state index in [0.717, 1.165) is 0 Å². The SMILES string of the molecule is CCOC(=O)C(F)(F)CI. The number of hydrogen-bond donors (Lipinski definition) is 0. The lowest BCUT2D eigenvalue weighted by Crippen LogP contribution is -2.32. The second-order valence-corrected chi connectivity index (χ2v) is 2.32.